The molecule has 0 fully saturated rings. The van der Waals surface area contributed by atoms with Gasteiger partial charge in [0.05, 0.1) is 6.04 Å². The van der Waals surface area contributed by atoms with Crippen molar-refractivity contribution < 1.29 is 18.3 Å². The predicted molar refractivity (Wildman–Crippen MR) is 75.9 cm³/mol. The summed E-state index contributed by atoms with van der Waals surface area (Å²) < 4.78 is 34.1. The molecule has 9 heteroatoms. The van der Waals surface area contributed by atoms with Gasteiger partial charge < -0.3 is 20.5 Å². The Labute approximate surface area is 125 Å². The number of nitrogens with zero attached hydrogens (tertiary/aromatic N) is 3. The maximum absolute atomic E-state index is 12.1. The lowest BCUT2D eigenvalue weighted by Gasteiger charge is -2.15. The first-order valence-corrected chi connectivity index (χ1v) is 6.41. The molecule has 1 atom stereocenters. The van der Waals surface area contributed by atoms with E-state index in [1.54, 1.807) is 12.1 Å². The number of nitrogens with two attached hydrogens (primary N) is 1. The molecule has 0 saturated carbocycles. The zero-order valence-electron chi connectivity index (χ0n) is 11.7. The molecule has 7 nitrogen and oxygen atoms in total. The van der Waals surface area contributed by atoms with Gasteiger partial charge in [0.2, 0.25) is 11.9 Å². The molecule has 1 unspecified atom stereocenters. The summed E-state index contributed by atoms with van der Waals surface area (Å²) >= 11 is 0. The summed E-state index contributed by atoms with van der Waals surface area (Å²) in [5.41, 5.74) is 5.45. The van der Waals surface area contributed by atoms with Crippen LogP contribution in [0.1, 0.15) is 6.92 Å². The highest BCUT2D eigenvalue weighted by Gasteiger charge is 2.08. The minimum absolute atomic E-state index is 0.0401. The Bertz CT molecular complexity index is 614. The Kier molecular flexibility index (Phi) is 5.23. The molecule has 0 spiro atoms. The first-order valence-electron chi connectivity index (χ1n) is 6.41. The molecule has 0 saturated heterocycles. The van der Waals surface area contributed by atoms with E-state index in [1.165, 1.54) is 18.5 Å². The Hall–Kier alpha value is -2.71. The summed E-state index contributed by atoms with van der Waals surface area (Å²) in [6.45, 7) is -0.756. The maximum atomic E-state index is 12.1. The van der Waals surface area contributed by atoms with E-state index in [4.69, 9.17) is 10.5 Å². The number of anilines is 2. The Morgan fingerprint density at radius 1 is 1.27 bits per heavy atom. The molecule has 22 heavy (non-hydrogen) atoms. The molecule has 2 aromatic rings. The summed E-state index contributed by atoms with van der Waals surface area (Å²) in [7, 11) is 0. The number of benzene rings is 1. The van der Waals surface area contributed by atoms with Gasteiger partial charge in [-0.1, -0.05) is 6.07 Å². The van der Waals surface area contributed by atoms with Gasteiger partial charge in [0, 0.05) is 6.07 Å². The van der Waals surface area contributed by atoms with Crippen molar-refractivity contribution in [3.05, 3.63) is 30.6 Å². The molecular weight excluding hydrogens is 296 g/mol. The second-order valence-corrected chi connectivity index (χ2v) is 4.38. The van der Waals surface area contributed by atoms with Crippen LogP contribution in [0.4, 0.5) is 20.7 Å². The third-order valence-electron chi connectivity index (χ3n) is 2.50. The minimum atomic E-state index is -2.87. The molecular formula is C13H15F2N5O2. The lowest BCUT2D eigenvalue weighted by atomic mass is 10.3. The predicted octanol–water partition coefficient (Wildman–Crippen LogP) is 1.93. The van der Waals surface area contributed by atoms with Gasteiger partial charge in [-0.2, -0.15) is 13.8 Å². The summed E-state index contributed by atoms with van der Waals surface area (Å²) in [6, 6.07) is 5.89. The fraction of sp³-hybridized carbons (Fsp3) is 0.308. The van der Waals surface area contributed by atoms with Crippen LogP contribution < -0.4 is 20.5 Å². The van der Waals surface area contributed by atoms with Gasteiger partial charge in [-0.3, -0.25) is 0 Å². The van der Waals surface area contributed by atoms with Gasteiger partial charge in [0.15, 0.2) is 0 Å². The van der Waals surface area contributed by atoms with Crippen molar-refractivity contribution in [2.45, 2.75) is 19.6 Å². The molecule has 1 aromatic carbocycles. The number of nitrogen functional groups attached to an aromatic ring is 1. The van der Waals surface area contributed by atoms with Crippen LogP contribution in [0.3, 0.4) is 0 Å². The highest BCUT2D eigenvalue weighted by atomic mass is 19.3. The summed E-state index contributed by atoms with van der Waals surface area (Å²) in [5.74, 6) is 0.904. The van der Waals surface area contributed by atoms with Gasteiger partial charge in [0.1, 0.15) is 24.4 Å². The van der Waals surface area contributed by atoms with E-state index in [2.05, 4.69) is 25.0 Å². The second kappa shape index (κ2) is 7.34. The number of hydrogen-bond donors (Lipinski definition) is 2. The number of rotatable bonds is 7. The highest BCUT2D eigenvalue weighted by Crippen LogP contribution is 2.21. The molecule has 0 radical (unpaired) electrons. The average molecular weight is 311 g/mol. The third kappa shape index (κ3) is 5.00. The van der Waals surface area contributed by atoms with Crippen molar-refractivity contribution in [1.29, 1.82) is 0 Å². The quantitative estimate of drug-likeness (QED) is 0.806. The molecule has 2 rings (SSSR count). The van der Waals surface area contributed by atoms with Crippen LogP contribution in [0.25, 0.3) is 0 Å². The SMILES string of the molecule is CC(COc1cccc(OC(F)F)c1)Nc1ncnc(N)n1. The van der Waals surface area contributed by atoms with E-state index in [1.807, 2.05) is 6.92 Å². The molecule has 1 aromatic heterocycles. The van der Waals surface area contributed by atoms with Gasteiger partial charge in [-0.25, -0.2) is 9.97 Å². The van der Waals surface area contributed by atoms with Crippen LogP contribution in [-0.2, 0) is 0 Å². The van der Waals surface area contributed by atoms with Crippen molar-refractivity contribution >= 4 is 11.9 Å². The normalized spacial score (nSPS) is 12.0. The van der Waals surface area contributed by atoms with Crippen LogP contribution in [0.15, 0.2) is 30.6 Å². The number of halogens is 2. The molecule has 0 aliphatic rings. The largest absolute Gasteiger partial charge is 0.491 e. The fourth-order valence-electron chi connectivity index (χ4n) is 1.60. The molecule has 3 N–H and O–H groups in total. The maximum Gasteiger partial charge on any atom is 0.387 e. The van der Waals surface area contributed by atoms with E-state index < -0.39 is 6.61 Å². The monoisotopic (exact) mass is 311 g/mol. The minimum Gasteiger partial charge on any atom is -0.491 e. The van der Waals surface area contributed by atoms with E-state index in [0.29, 0.717) is 11.7 Å². The topological polar surface area (TPSA) is 95.2 Å². The van der Waals surface area contributed by atoms with Crippen LogP contribution in [-0.4, -0.2) is 34.2 Å². The summed E-state index contributed by atoms with van der Waals surface area (Å²) in [4.78, 5) is 11.5. The number of ether oxygens (including phenoxy) is 2. The first kappa shape index (κ1) is 15.7. The molecule has 1 heterocycles. The average Bonchev–Trinajstić information content (AvgIpc) is 2.45. The van der Waals surface area contributed by atoms with Crippen molar-refractivity contribution in [3.63, 3.8) is 0 Å². The number of aromatic nitrogens is 3. The van der Waals surface area contributed by atoms with E-state index in [9.17, 15) is 8.78 Å². The molecule has 0 amide bonds. The number of hydrogen-bond acceptors (Lipinski definition) is 7. The second-order valence-electron chi connectivity index (χ2n) is 4.38. The summed E-state index contributed by atoms with van der Waals surface area (Å²) in [6.07, 6.45) is 1.30. The van der Waals surface area contributed by atoms with E-state index in [0.717, 1.165) is 0 Å². The third-order valence-corrected chi connectivity index (χ3v) is 2.50. The van der Waals surface area contributed by atoms with E-state index in [-0.39, 0.29) is 24.3 Å². The molecule has 0 bridgehead atoms. The molecule has 0 aliphatic carbocycles. The summed E-state index contributed by atoms with van der Waals surface area (Å²) in [5, 5.41) is 2.98. The van der Waals surface area contributed by atoms with Crippen molar-refractivity contribution in [2.24, 2.45) is 0 Å². The smallest absolute Gasteiger partial charge is 0.387 e. The zero-order chi connectivity index (χ0) is 15.9. The first-order chi connectivity index (χ1) is 10.5. The van der Waals surface area contributed by atoms with Crippen LogP contribution in [0.2, 0.25) is 0 Å². The fourth-order valence-corrected chi connectivity index (χ4v) is 1.60. The van der Waals surface area contributed by atoms with Crippen LogP contribution >= 0.6 is 0 Å². The Balaban J connectivity index is 1.87. The lowest BCUT2D eigenvalue weighted by molar-refractivity contribution is -0.0499. The Morgan fingerprint density at radius 2 is 2.05 bits per heavy atom. The number of alkyl halides is 2. The van der Waals surface area contributed by atoms with Gasteiger partial charge in [-0.05, 0) is 19.1 Å². The Morgan fingerprint density at radius 3 is 2.77 bits per heavy atom. The van der Waals surface area contributed by atoms with Crippen LogP contribution in [0.5, 0.6) is 11.5 Å². The van der Waals surface area contributed by atoms with Crippen LogP contribution in [0, 0.1) is 0 Å². The van der Waals surface area contributed by atoms with Gasteiger partial charge in [-0.15, -0.1) is 0 Å². The lowest BCUT2D eigenvalue weighted by Crippen LogP contribution is -2.25. The van der Waals surface area contributed by atoms with Crippen molar-refractivity contribution in [3.8, 4) is 11.5 Å². The molecule has 0 aliphatic heterocycles. The zero-order valence-corrected chi connectivity index (χ0v) is 11.7. The van der Waals surface area contributed by atoms with Gasteiger partial charge in [0.25, 0.3) is 0 Å². The highest BCUT2D eigenvalue weighted by molar-refractivity contribution is 5.33. The van der Waals surface area contributed by atoms with Crippen molar-refractivity contribution in [2.75, 3.05) is 17.7 Å². The van der Waals surface area contributed by atoms with E-state index >= 15 is 0 Å². The van der Waals surface area contributed by atoms with Crippen molar-refractivity contribution in [1.82, 2.24) is 15.0 Å². The number of nitrogens with one attached hydrogen (secondary N) is 1. The standard InChI is InChI=1S/C13H15F2N5O2/c1-8(19-13-18-7-17-12(16)20-13)6-21-9-3-2-4-10(5-9)22-11(14)15/h2-5,7-8,11H,6H2,1H3,(H3,16,17,18,19,20). The molecule has 118 valence electrons. The van der Waals surface area contributed by atoms with Gasteiger partial charge >= 0.3 is 6.61 Å².